The minimum atomic E-state index is 0.405. The fourth-order valence-electron chi connectivity index (χ4n) is 3.19. The molecule has 3 rings (SSSR count). The number of fused-ring (bicyclic) bond motifs is 1. The van der Waals surface area contributed by atoms with Crippen LogP contribution in [0.4, 0.5) is 0 Å². The minimum absolute atomic E-state index is 0.405. The van der Waals surface area contributed by atoms with Gasteiger partial charge in [0, 0.05) is 10.5 Å². The SMILES string of the molecule is CNC(CC1Cc2ccccc21)c1cc(C)ccc1Br. The van der Waals surface area contributed by atoms with Gasteiger partial charge in [-0.15, -0.1) is 0 Å². The molecule has 0 spiro atoms. The Bertz CT molecular complexity index is 621. The third kappa shape index (κ3) is 2.55. The second kappa shape index (κ2) is 5.71. The van der Waals surface area contributed by atoms with Crippen molar-refractivity contribution in [2.45, 2.75) is 31.7 Å². The van der Waals surface area contributed by atoms with Crippen molar-refractivity contribution < 1.29 is 0 Å². The highest BCUT2D eigenvalue weighted by atomic mass is 79.9. The zero-order valence-electron chi connectivity index (χ0n) is 12.0. The molecule has 104 valence electrons. The van der Waals surface area contributed by atoms with Gasteiger partial charge in [0.25, 0.3) is 0 Å². The van der Waals surface area contributed by atoms with Crippen molar-refractivity contribution in [3.8, 4) is 0 Å². The topological polar surface area (TPSA) is 12.0 Å². The summed E-state index contributed by atoms with van der Waals surface area (Å²) in [6.45, 7) is 2.15. The lowest BCUT2D eigenvalue weighted by molar-refractivity contribution is 0.451. The summed E-state index contributed by atoms with van der Waals surface area (Å²) in [7, 11) is 2.06. The molecule has 0 saturated heterocycles. The number of halogens is 1. The highest BCUT2D eigenvalue weighted by Crippen LogP contribution is 2.41. The van der Waals surface area contributed by atoms with Crippen LogP contribution in [0.5, 0.6) is 0 Å². The summed E-state index contributed by atoms with van der Waals surface area (Å²) in [6.07, 6.45) is 2.38. The first-order chi connectivity index (χ1) is 9.69. The molecular weight excluding hydrogens is 310 g/mol. The molecule has 0 aliphatic heterocycles. The summed E-state index contributed by atoms with van der Waals surface area (Å²) in [5, 5.41) is 3.49. The van der Waals surface area contributed by atoms with Gasteiger partial charge in [0.15, 0.2) is 0 Å². The van der Waals surface area contributed by atoms with Gasteiger partial charge in [0.05, 0.1) is 0 Å². The molecule has 1 N–H and O–H groups in total. The van der Waals surface area contributed by atoms with E-state index in [1.165, 1.54) is 33.1 Å². The molecule has 1 nitrogen and oxygen atoms in total. The first-order valence-corrected chi connectivity index (χ1v) is 7.99. The number of aryl methyl sites for hydroxylation is 1. The maximum absolute atomic E-state index is 3.69. The van der Waals surface area contributed by atoms with E-state index in [0.29, 0.717) is 12.0 Å². The summed E-state index contributed by atoms with van der Waals surface area (Å²) in [4.78, 5) is 0. The second-order valence-corrected chi connectivity index (χ2v) is 6.56. The molecule has 2 heteroatoms. The Morgan fingerprint density at radius 1 is 1.25 bits per heavy atom. The number of hydrogen-bond donors (Lipinski definition) is 1. The van der Waals surface area contributed by atoms with Gasteiger partial charge in [-0.1, -0.05) is 57.9 Å². The molecule has 0 bridgehead atoms. The molecule has 1 aliphatic carbocycles. The van der Waals surface area contributed by atoms with E-state index in [1.807, 2.05) is 0 Å². The molecule has 2 atom stereocenters. The van der Waals surface area contributed by atoms with Gasteiger partial charge in [-0.3, -0.25) is 0 Å². The van der Waals surface area contributed by atoms with Crippen LogP contribution < -0.4 is 5.32 Å². The largest absolute Gasteiger partial charge is 0.313 e. The van der Waals surface area contributed by atoms with Gasteiger partial charge >= 0.3 is 0 Å². The van der Waals surface area contributed by atoms with Gasteiger partial charge in [-0.25, -0.2) is 0 Å². The molecule has 0 saturated carbocycles. The molecule has 0 fully saturated rings. The Labute approximate surface area is 129 Å². The fraction of sp³-hybridized carbons (Fsp3) is 0.333. The molecule has 0 heterocycles. The van der Waals surface area contributed by atoms with Crippen molar-refractivity contribution in [3.05, 3.63) is 69.2 Å². The highest BCUT2D eigenvalue weighted by Gasteiger charge is 2.28. The predicted octanol–water partition coefficient (Wildman–Crippen LogP) is 4.75. The third-order valence-corrected chi connectivity index (χ3v) is 5.08. The first-order valence-electron chi connectivity index (χ1n) is 7.20. The molecule has 0 aromatic heterocycles. The second-order valence-electron chi connectivity index (χ2n) is 5.70. The minimum Gasteiger partial charge on any atom is -0.313 e. The lowest BCUT2D eigenvalue weighted by atomic mass is 9.74. The highest BCUT2D eigenvalue weighted by molar-refractivity contribution is 9.10. The van der Waals surface area contributed by atoms with E-state index in [0.717, 1.165) is 6.42 Å². The average molecular weight is 330 g/mol. The van der Waals surface area contributed by atoms with Crippen LogP contribution in [0.15, 0.2) is 46.9 Å². The number of benzene rings is 2. The van der Waals surface area contributed by atoms with Crippen LogP contribution in [0, 0.1) is 6.92 Å². The van der Waals surface area contributed by atoms with Gasteiger partial charge < -0.3 is 5.32 Å². The van der Waals surface area contributed by atoms with E-state index in [4.69, 9.17) is 0 Å². The third-order valence-electron chi connectivity index (χ3n) is 4.36. The Hall–Kier alpha value is -1.12. The molecule has 2 aromatic carbocycles. The molecule has 20 heavy (non-hydrogen) atoms. The van der Waals surface area contributed by atoms with Crippen LogP contribution in [-0.2, 0) is 6.42 Å². The standard InChI is InChI=1S/C18H20BrN/c1-12-7-8-17(19)16(9-12)18(20-2)11-14-10-13-5-3-4-6-15(13)14/h3-9,14,18,20H,10-11H2,1-2H3. The van der Waals surface area contributed by atoms with Crippen LogP contribution in [0.3, 0.4) is 0 Å². The molecule has 2 aromatic rings. The monoisotopic (exact) mass is 329 g/mol. The number of hydrogen-bond acceptors (Lipinski definition) is 1. The molecule has 0 radical (unpaired) electrons. The summed E-state index contributed by atoms with van der Waals surface area (Å²) < 4.78 is 1.20. The maximum Gasteiger partial charge on any atom is 0.0334 e. The Balaban J connectivity index is 1.80. The van der Waals surface area contributed by atoms with Crippen molar-refractivity contribution in [1.82, 2.24) is 5.32 Å². The average Bonchev–Trinajstić information content (AvgIpc) is 2.43. The van der Waals surface area contributed by atoms with Crippen molar-refractivity contribution in [1.29, 1.82) is 0 Å². The summed E-state index contributed by atoms with van der Waals surface area (Å²) >= 11 is 3.69. The summed E-state index contributed by atoms with van der Waals surface area (Å²) in [6, 6.07) is 15.8. The van der Waals surface area contributed by atoms with Crippen molar-refractivity contribution in [2.24, 2.45) is 0 Å². The van der Waals surface area contributed by atoms with Gasteiger partial charge in [0.1, 0.15) is 0 Å². The van der Waals surface area contributed by atoms with Crippen LogP contribution >= 0.6 is 15.9 Å². The summed E-state index contributed by atoms with van der Waals surface area (Å²) in [5.41, 5.74) is 5.75. The van der Waals surface area contributed by atoms with E-state index in [1.54, 1.807) is 0 Å². The van der Waals surface area contributed by atoms with E-state index in [2.05, 4.69) is 77.7 Å². The fourth-order valence-corrected chi connectivity index (χ4v) is 3.71. The molecule has 0 amide bonds. The van der Waals surface area contributed by atoms with Gasteiger partial charge in [-0.05, 0) is 55.5 Å². The van der Waals surface area contributed by atoms with Crippen molar-refractivity contribution in [3.63, 3.8) is 0 Å². The van der Waals surface area contributed by atoms with Crippen LogP contribution in [0.25, 0.3) is 0 Å². The van der Waals surface area contributed by atoms with E-state index >= 15 is 0 Å². The zero-order valence-corrected chi connectivity index (χ0v) is 13.6. The van der Waals surface area contributed by atoms with E-state index < -0.39 is 0 Å². The Kier molecular flexibility index (Phi) is 3.95. The lowest BCUT2D eigenvalue weighted by Gasteiger charge is -2.33. The van der Waals surface area contributed by atoms with Crippen molar-refractivity contribution >= 4 is 15.9 Å². The van der Waals surface area contributed by atoms with Crippen molar-refractivity contribution in [2.75, 3.05) is 7.05 Å². The molecule has 2 unspecified atom stereocenters. The first kappa shape index (κ1) is 13.8. The van der Waals surface area contributed by atoms with Crippen LogP contribution in [0.2, 0.25) is 0 Å². The smallest absolute Gasteiger partial charge is 0.0334 e. The Morgan fingerprint density at radius 2 is 2.05 bits per heavy atom. The van der Waals surface area contributed by atoms with Crippen LogP contribution in [0.1, 0.15) is 40.6 Å². The van der Waals surface area contributed by atoms with Gasteiger partial charge in [0.2, 0.25) is 0 Å². The number of rotatable bonds is 4. The molecule has 1 aliphatic rings. The lowest BCUT2D eigenvalue weighted by Crippen LogP contribution is -2.25. The predicted molar refractivity (Wildman–Crippen MR) is 88.2 cm³/mol. The van der Waals surface area contributed by atoms with E-state index in [-0.39, 0.29) is 0 Å². The maximum atomic E-state index is 3.69. The van der Waals surface area contributed by atoms with Crippen LogP contribution in [-0.4, -0.2) is 7.05 Å². The van der Waals surface area contributed by atoms with Gasteiger partial charge in [-0.2, -0.15) is 0 Å². The number of nitrogens with one attached hydrogen (secondary N) is 1. The van der Waals surface area contributed by atoms with E-state index in [9.17, 15) is 0 Å². The zero-order chi connectivity index (χ0) is 14.1. The summed E-state index contributed by atoms with van der Waals surface area (Å²) in [5.74, 6) is 0.691. The quantitative estimate of drug-likeness (QED) is 0.853. The Morgan fingerprint density at radius 3 is 2.80 bits per heavy atom. The normalized spacial score (nSPS) is 18.2. The molecular formula is C18H20BrN.